The molecule has 0 saturated carbocycles. The molecule has 31 heavy (non-hydrogen) atoms. The molecule has 0 bridgehead atoms. The number of hydrogen-bond acceptors (Lipinski definition) is 5. The Morgan fingerprint density at radius 1 is 0.968 bits per heavy atom. The molecule has 156 valence electrons. The fourth-order valence-corrected chi connectivity index (χ4v) is 4.17. The number of nitrogens with zero attached hydrogens (tertiary/aromatic N) is 2. The molecule has 4 rings (SSSR count). The van der Waals surface area contributed by atoms with Crippen LogP contribution in [0.15, 0.2) is 88.3 Å². The average Bonchev–Trinajstić information content (AvgIpc) is 3.23. The van der Waals surface area contributed by atoms with E-state index < -0.39 is 0 Å². The molecule has 4 aromatic rings. The van der Waals surface area contributed by atoms with Crippen molar-refractivity contribution in [2.45, 2.75) is 30.5 Å². The highest BCUT2D eigenvalue weighted by Crippen LogP contribution is 2.27. The molecule has 0 aliphatic heterocycles. The first-order chi connectivity index (χ1) is 15.1. The van der Waals surface area contributed by atoms with Crippen molar-refractivity contribution in [1.29, 1.82) is 0 Å². The summed E-state index contributed by atoms with van der Waals surface area (Å²) in [4.78, 5) is 18.1. The van der Waals surface area contributed by atoms with Crippen LogP contribution < -0.4 is 5.32 Å². The third-order valence-electron chi connectivity index (χ3n) is 4.92. The topological polar surface area (TPSA) is 68.0 Å². The van der Waals surface area contributed by atoms with Crippen molar-refractivity contribution in [2.75, 3.05) is 0 Å². The second-order valence-corrected chi connectivity index (χ2v) is 8.21. The van der Waals surface area contributed by atoms with E-state index in [-0.39, 0.29) is 11.9 Å². The van der Waals surface area contributed by atoms with Crippen LogP contribution >= 0.6 is 11.8 Å². The first-order valence-electron chi connectivity index (χ1n) is 10.1. The largest absolute Gasteiger partial charge is 0.345 e. The highest BCUT2D eigenvalue weighted by atomic mass is 32.2. The highest BCUT2D eigenvalue weighted by molar-refractivity contribution is 7.98. The first kappa shape index (κ1) is 20.9. The van der Waals surface area contributed by atoms with Gasteiger partial charge in [-0.2, -0.15) is 4.98 Å². The van der Waals surface area contributed by atoms with Gasteiger partial charge in [0, 0.05) is 11.8 Å². The predicted molar refractivity (Wildman–Crippen MR) is 123 cm³/mol. The fraction of sp³-hybridized carbons (Fsp3) is 0.160. The van der Waals surface area contributed by atoms with Crippen LogP contribution in [0.4, 0.5) is 0 Å². The lowest BCUT2D eigenvalue weighted by atomic mass is 10.0. The van der Waals surface area contributed by atoms with Gasteiger partial charge in [-0.25, -0.2) is 0 Å². The Labute approximate surface area is 185 Å². The summed E-state index contributed by atoms with van der Waals surface area (Å²) in [5.41, 5.74) is 4.02. The molecular weight excluding hydrogens is 406 g/mol. The van der Waals surface area contributed by atoms with Gasteiger partial charge in [0.05, 0.1) is 17.4 Å². The summed E-state index contributed by atoms with van der Waals surface area (Å²) < 4.78 is 5.02. The molecule has 1 atom stereocenters. The number of nitrogens with one attached hydrogen (secondary N) is 1. The van der Waals surface area contributed by atoms with Crippen molar-refractivity contribution in [3.63, 3.8) is 0 Å². The summed E-state index contributed by atoms with van der Waals surface area (Å²) >= 11 is 1.52. The molecule has 3 aromatic carbocycles. The molecule has 1 unspecified atom stereocenters. The summed E-state index contributed by atoms with van der Waals surface area (Å²) in [6, 6.07) is 26.0. The van der Waals surface area contributed by atoms with E-state index in [2.05, 4.69) is 51.9 Å². The zero-order chi connectivity index (χ0) is 21.6. The van der Waals surface area contributed by atoms with Crippen molar-refractivity contribution < 1.29 is 9.32 Å². The predicted octanol–water partition coefficient (Wildman–Crippen LogP) is 5.83. The molecule has 0 fully saturated rings. The molecule has 1 heterocycles. The maximum atomic E-state index is 13.0. The van der Waals surface area contributed by atoms with Gasteiger partial charge in [-0.3, -0.25) is 4.79 Å². The van der Waals surface area contributed by atoms with Crippen LogP contribution in [0.3, 0.4) is 0 Å². The first-order valence-corrected chi connectivity index (χ1v) is 11.1. The Balaban J connectivity index is 1.43. The molecule has 0 aliphatic carbocycles. The van der Waals surface area contributed by atoms with Crippen molar-refractivity contribution in [3.8, 4) is 11.1 Å². The summed E-state index contributed by atoms with van der Waals surface area (Å²) in [5, 5.41) is 7.03. The Morgan fingerprint density at radius 2 is 1.65 bits per heavy atom. The van der Waals surface area contributed by atoms with Crippen molar-refractivity contribution >= 4 is 17.7 Å². The van der Waals surface area contributed by atoms with Gasteiger partial charge in [-0.15, -0.1) is 11.8 Å². The van der Waals surface area contributed by atoms with E-state index in [1.165, 1.54) is 17.3 Å². The maximum Gasteiger partial charge on any atom is 0.252 e. The number of aryl methyl sites for hydroxylation is 1. The van der Waals surface area contributed by atoms with Gasteiger partial charge in [-0.1, -0.05) is 71.9 Å². The molecule has 1 N–H and O–H groups in total. The van der Waals surface area contributed by atoms with Gasteiger partial charge in [0.15, 0.2) is 5.82 Å². The molecule has 1 aromatic heterocycles. The minimum absolute atomic E-state index is 0.105. The van der Waals surface area contributed by atoms with E-state index >= 15 is 0 Å². The third-order valence-corrected chi connectivity index (χ3v) is 5.99. The maximum absolute atomic E-state index is 13.0. The van der Waals surface area contributed by atoms with E-state index in [0.29, 0.717) is 23.0 Å². The third kappa shape index (κ3) is 5.22. The lowest BCUT2D eigenvalue weighted by molar-refractivity contribution is 0.0937. The monoisotopic (exact) mass is 429 g/mol. The van der Waals surface area contributed by atoms with Crippen LogP contribution in [0.2, 0.25) is 0 Å². The van der Waals surface area contributed by atoms with Crippen LogP contribution in [0.25, 0.3) is 11.1 Å². The van der Waals surface area contributed by atoms with Gasteiger partial charge < -0.3 is 9.84 Å². The van der Waals surface area contributed by atoms with Crippen LogP contribution in [0.5, 0.6) is 0 Å². The van der Waals surface area contributed by atoms with Crippen molar-refractivity contribution in [3.05, 3.63) is 102 Å². The number of carbonyl (C=O) groups excluding carboxylic acids is 1. The zero-order valence-electron chi connectivity index (χ0n) is 17.4. The van der Waals surface area contributed by atoms with E-state index in [9.17, 15) is 4.79 Å². The Hall–Kier alpha value is -3.38. The van der Waals surface area contributed by atoms with Gasteiger partial charge in [0.2, 0.25) is 5.89 Å². The average molecular weight is 430 g/mol. The molecule has 0 spiro atoms. The lowest BCUT2D eigenvalue weighted by Gasteiger charge is -2.16. The zero-order valence-corrected chi connectivity index (χ0v) is 18.2. The Bertz CT molecular complexity index is 1160. The summed E-state index contributed by atoms with van der Waals surface area (Å²) in [7, 11) is 0. The highest BCUT2D eigenvalue weighted by Gasteiger charge is 2.16. The summed E-state index contributed by atoms with van der Waals surface area (Å²) in [6.45, 7) is 3.75. The normalized spacial score (nSPS) is 11.8. The number of rotatable bonds is 7. The van der Waals surface area contributed by atoms with Crippen LogP contribution in [0, 0.1) is 6.92 Å². The van der Waals surface area contributed by atoms with Crippen molar-refractivity contribution in [1.82, 2.24) is 15.5 Å². The molecular formula is C25H23N3O2S. The van der Waals surface area contributed by atoms with E-state index in [1.54, 1.807) is 6.92 Å². The molecule has 5 nitrogen and oxygen atoms in total. The summed E-state index contributed by atoms with van der Waals surface area (Å²) in [5.74, 6) is 1.59. The minimum Gasteiger partial charge on any atom is -0.345 e. The molecule has 1 amide bonds. The second kappa shape index (κ2) is 9.62. The number of amides is 1. The van der Waals surface area contributed by atoms with Crippen molar-refractivity contribution in [2.24, 2.45) is 0 Å². The van der Waals surface area contributed by atoms with Crippen LogP contribution in [-0.4, -0.2) is 16.0 Å². The molecule has 0 aliphatic rings. The number of thioether (sulfide) groups is 1. The summed E-state index contributed by atoms with van der Waals surface area (Å²) in [6.07, 6.45) is 0. The fourth-order valence-electron chi connectivity index (χ4n) is 3.27. The SMILES string of the molecule is Cc1nc(CSc2ccccc2C(=O)NC(C)c2ccc(-c3ccccc3)cc2)no1. The standard InChI is InChI=1S/C25H23N3O2S/c1-17(19-12-14-21(15-13-19)20-8-4-3-5-9-20)26-25(29)22-10-6-7-11-23(22)31-16-24-27-18(2)30-28-24/h3-15,17H,16H2,1-2H3,(H,26,29). The smallest absolute Gasteiger partial charge is 0.252 e. The van der Waals surface area contributed by atoms with Gasteiger partial charge >= 0.3 is 0 Å². The molecule has 0 radical (unpaired) electrons. The number of aromatic nitrogens is 2. The van der Waals surface area contributed by atoms with E-state index in [0.717, 1.165) is 16.0 Å². The Morgan fingerprint density at radius 3 is 2.35 bits per heavy atom. The van der Waals surface area contributed by atoms with Crippen LogP contribution in [0.1, 0.15) is 40.6 Å². The van der Waals surface area contributed by atoms with Gasteiger partial charge in [0.1, 0.15) is 0 Å². The molecule has 6 heteroatoms. The Kier molecular flexibility index (Phi) is 6.48. The second-order valence-electron chi connectivity index (χ2n) is 7.20. The lowest BCUT2D eigenvalue weighted by Crippen LogP contribution is -2.27. The minimum atomic E-state index is -0.116. The van der Waals surface area contributed by atoms with Gasteiger partial charge in [-0.05, 0) is 35.7 Å². The van der Waals surface area contributed by atoms with Crippen LogP contribution in [-0.2, 0) is 5.75 Å². The van der Waals surface area contributed by atoms with E-state index in [4.69, 9.17) is 4.52 Å². The quantitative estimate of drug-likeness (QED) is 0.375. The number of hydrogen-bond donors (Lipinski definition) is 1. The molecule has 0 saturated heterocycles. The number of carbonyl (C=O) groups is 1. The number of benzene rings is 3. The van der Waals surface area contributed by atoms with E-state index in [1.807, 2.05) is 49.4 Å². The van der Waals surface area contributed by atoms with Gasteiger partial charge in [0.25, 0.3) is 5.91 Å².